The van der Waals surface area contributed by atoms with E-state index in [2.05, 4.69) is 6.92 Å². The number of hydrogen-bond acceptors (Lipinski definition) is 3. The van der Waals surface area contributed by atoms with Crippen LogP contribution in [0.2, 0.25) is 0 Å². The molecule has 2 nitrogen and oxygen atoms in total. The SMILES string of the molecule is CCSCCC1CC(N)c2cc(F)ccc2O1. The zero-order valence-corrected chi connectivity index (χ0v) is 10.8. The average Bonchev–Trinajstić information content (AvgIpc) is 2.31. The van der Waals surface area contributed by atoms with Gasteiger partial charge >= 0.3 is 0 Å². The number of halogens is 1. The van der Waals surface area contributed by atoms with E-state index in [0.29, 0.717) is 0 Å². The highest BCUT2D eigenvalue weighted by Crippen LogP contribution is 2.34. The van der Waals surface area contributed by atoms with Crippen LogP contribution in [-0.2, 0) is 0 Å². The molecule has 2 unspecified atom stereocenters. The van der Waals surface area contributed by atoms with Gasteiger partial charge < -0.3 is 10.5 Å². The molecule has 0 aliphatic carbocycles. The Hall–Kier alpha value is -0.740. The van der Waals surface area contributed by atoms with Crippen LogP contribution in [0, 0.1) is 5.82 Å². The number of thioether (sulfide) groups is 1. The molecule has 1 aliphatic heterocycles. The number of fused-ring (bicyclic) bond motifs is 1. The van der Waals surface area contributed by atoms with Crippen molar-refractivity contribution in [3.63, 3.8) is 0 Å². The Morgan fingerprint density at radius 3 is 3.12 bits per heavy atom. The van der Waals surface area contributed by atoms with Gasteiger partial charge in [0.1, 0.15) is 17.7 Å². The van der Waals surface area contributed by atoms with E-state index in [0.717, 1.165) is 35.7 Å². The van der Waals surface area contributed by atoms with E-state index >= 15 is 0 Å². The molecule has 1 heterocycles. The molecule has 0 saturated heterocycles. The van der Waals surface area contributed by atoms with Crippen molar-refractivity contribution in [1.29, 1.82) is 0 Å². The Kier molecular flexibility index (Phi) is 4.29. The van der Waals surface area contributed by atoms with Crippen LogP contribution >= 0.6 is 11.8 Å². The molecule has 0 radical (unpaired) electrons. The van der Waals surface area contributed by atoms with Gasteiger partial charge in [0.15, 0.2) is 0 Å². The Balaban J connectivity index is 2.03. The molecule has 0 bridgehead atoms. The molecular weight excluding hydrogens is 237 g/mol. The Labute approximate surface area is 106 Å². The van der Waals surface area contributed by atoms with Crippen molar-refractivity contribution < 1.29 is 9.13 Å². The monoisotopic (exact) mass is 255 g/mol. The van der Waals surface area contributed by atoms with Crippen LogP contribution in [-0.4, -0.2) is 17.6 Å². The summed E-state index contributed by atoms with van der Waals surface area (Å²) in [6.45, 7) is 2.15. The molecule has 94 valence electrons. The van der Waals surface area contributed by atoms with Crippen molar-refractivity contribution in [2.75, 3.05) is 11.5 Å². The van der Waals surface area contributed by atoms with Gasteiger partial charge in [-0.05, 0) is 36.1 Å². The minimum atomic E-state index is -0.247. The molecule has 2 rings (SSSR count). The van der Waals surface area contributed by atoms with Crippen LogP contribution in [0.25, 0.3) is 0 Å². The fraction of sp³-hybridized carbons (Fsp3) is 0.538. The standard InChI is InChI=1S/C13H18FNOS/c1-2-17-6-5-10-8-12(15)11-7-9(14)3-4-13(11)16-10/h3-4,7,10,12H,2,5-6,8,15H2,1H3. The quantitative estimate of drug-likeness (QED) is 0.840. The second-order valence-corrected chi connectivity index (χ2v) is 5.64. The molecule has 0 aromatic heterocycles. The van der Waals surface area contributed by atoms with E-state index in [1.807, 2.05) is 11.8 Å². The smallest absolute Gasteiger partial charge is 0.124 e. The molecule has 0 amide bonds. The summed E-state index contributed by atoms with van der Waals surface area (Å²) in [4.78, 5) is 0. The van der Waals surface area contributed by atoms with Crippen molar-refractivity contribution >= 4 is 11.8 Å². The highest BCUT2D eigenvalue weighted by molar-refractivity contribution is 7.99. The zero-order valence-electron chi connectivity index (χ0n) is 9.99. The van der Waals surface area contributed by atoms with E-state index in [4.69, 9.17) is 10.5 Å². The lowest BCUT2D eigenvalue weighted by molar-refractivity contribution is 0.156. The first-order chi connectivity index (χ1) is 8.20. The summed E-state index contributed by atoms with van der Waals surface area (Å²) in [5, 5.41) is 0. The predicted octanol–water partition coefficient (Wildman–Crippen LogP) is 3.12. The third-order valence-corrected chi connectivity index (χ3v) is 3.90. The number of benzene rings is 1. The van der Waals surface area contributed by atoms with Crippen molar-refractivity contribution in [2.24, 2.45) is 5.73 Å². The summed E-state index contributed by atoms with van der Waals surface area (Å²) in [5.74, 6) is 2.71. The topological polar surface area (TPSA) is 35.2 Å². The van der Waals surface area contributed by atoms with Gasteiger partial charge in [-0.3, -0.25) is 0 Å². The van der Waals surface area contributed by atoms with Gasteiger partial charge in [-0.25, -0.2) is 4.39 Å². The summed E-state index contributed by atoms with van der Waals surface area (Å²) < 4.78 is 18.9. The number of hydrogen-bond donors (Lipinski definition) is 1. The van der Waals surface area contributed by atoms with E-state index in [9.17, 15) is 4.39 Å². The Bertz CT molecular complexity index is 386. The van der Waals surface area contributed by atoms with Crippen LogP contribution in [0.15, 0.2) is 18.2 Å². The van der Waals surface area contributed by atoms with Gasteiger partial charge in [-0.1, -0.05) is 6.92 Å². The van der Waals surface area contributed by atoms with Gasteiger partial charge in [0.25, 0.3) is 0 Å². The Morgan fingerprint density at radius 2 is 2.35 bits per heavy atom. The van der Waals surface area contributed by atoms with Crippen molar-refractivity contribution in [2.45, 2.75) is 31.9 Å². The number of nitrogens with two attached hydrogens (primary N) is 1. The van der Waals surface area contributed by atoms with Crippen LogP contribution in [0.4, 0.5) is 4.39 Å². The second kappa shape index (κ2) is 5.74. The summed E-state index contributed by atoms with van der Waals surface area (Å²) in [6, 6.07) is 4.49. The molecule has 2 atom stereocenters. The first-order valence-corrected chi connectivity index (χ1v) is 7.15. The predicted molar refractivity (Wildman–Crippen MR) is 70.0 cm³/mol. The summed E-state index contributed by atoms with van der Waals surface area (Å²) in [6.07, 6.45) is 1.95. The van der Waals surface area contributed by atoms with E-state index in [-0.39, 0.29) is 18.0 Å². The fourth-order valence-electron chi connectivity index (χ4n) is 2.09. The lowest BCUT2D eigenvalue weighted by atomic mass is 9.96. The third kappa shape index (κ3) is 3.13. The lowest BCUT2D eigenvalue weighted by Crippen LogP contribution is -2.30. The summed E-state index contributed by atoms with van der Waals surface area (Å²) in [7, 11) is 0. The van der Waals surface area contributed by atoms with Gasteiger partial charge in [0, 0.05) is 18.0 Å². The fourth-order valence-corrected chi connectivity index (χ4v) is 2.81. The summed E-state index contributed by atoms with van der Waals surface area (Å²) >= 11 is 1.91. The van der Waals surface area contributed by atoms with Crippen LogP contribution < -0.4 is 10.5 Å². The van der Waals surface area contributed by atoms with Crippen molar-refractivity contribution in [3.05, 3.63) is 29.6 Å². The summed E-state index contributed by atoms with van der Waals surface area (Å²) in [5.41, 5.74) is 6.85. The van der Waals surface area contributed by atoms with E-state index in [1.54, 1.807) is 6.07 Å². The number of rotatable bonds is 4. The molecule has 4 heteroatoms. The van der Waals surface area contributed by atoms with E-state index < -0.39 is 0 Å². The number of ether oxygens (including phenoxy) is 1. The molecule has 0 saturated carbocycles. The zero-order chi connectivity index (χ0) is 12.3. The van der Waals surface area contributed by atoms with Crippen LogP contribution in [0.1, 0.15) is 31.4 Å². The largest absolute Gasteiger partial charge is 0.490 e. The maximum absolute atomic E-state index is 13.1. The first-order valence-electron chi connectivity index (χ1n) is 6.00. The maximum Gasteiger partial charge on any atom is 0.124 e. The molecule has 1 aromatic carbocycles. The minimum absolute atomic E-state index is 0.105. The normalized spacial score (nSPS) is 23.0. The average molecular weight is 255 g/mol. The third-order valence-electron chi connectivity index (χ3n) is 2.97. The van der Waals surface area contributed by atoms with Crippen molar-refractivity contribution in [3.8, 4) is 5.75 Å². The molecule has 1 aromatic rings. The first kappa shape index (κ1) is 12.7. The van der Waals surface area contributed by atoms with Gasteiger partial charge in [-0.15, -0.1) is 0 Å². The molecule has 1 aliphatic rings. The Morgan fingerprint density at radius 1 is 1.53 bits per heavy atom. The van der Waals surface area contributed by atoms with Gasteiger partial charge in [0.05, 0.1) is 0 Å². The van der Waals surface area contributed by atoms with Crippen LogP contribution in [0.5, 0.6) is 5.75 Å². The highest BCUT2D eigenvalue weighted by Gasteiger charge is 2.25. The molecule has 0 fully saturated rings. The molecular formula is C13H18FNOS. The highest BCUT2D eigenvalue weighted by atomic mass is 32.2. The van der Waals surface area contributed by atoms with Crippen molar-refractivity contribution in [1.82, 2.24) is 0 Å². The molecule has 17 heavy (non-hydrogen) atoms. The van der Waals surface area contributed by atoms with Crippen LogP contribution in [0.3, 0.4) is 0 Å². The lowest BCUT2D eigenvalue weighted by Gasteiger charge is -2.30. The van der Waals surface area contributed by atoms with Gasteiger partial charge in [-0.2, -0.15) is 11.8 Å². The second-order valence-electron chi connectivity index (χ2n) is 4.25. The molecule has 0 spiro atoms. The maximum atomic E-state index is 13.1. The minimum Gasteiger partial charge on any atom is -0.490 e. The van der Waals surface area contributed by atoms with E-state index in [1.165, 1.54) is 12.1 Å². The molecule has 2 N–H and O–H groups in total. The van der Waals surface area contributed by atoms with Gasteiger partial charge in [0.2, 0.25) is 0 Å².